The van der Waals surface area contributed by atoms with Crippen LogP contribution in [0.2, 0.25) is 0 Å². The Labute approximate surface area is 174 Å². The van der Waals surface area contributed by atoms with Crippen LogP contribution in [0.25, 0.3) is 0 Å². The lowest BCUT2D eigenvalue weighted by atomic mass is 9.99. The molecule has 0 saturated carbocycles. The summed E-state index contributed by atoms with van der Waals surface area (Å²) in [6, 6.07) is 11.6. The van der Waals surface area contributed by atoms with Crippen LogP contribution < -0.4 is 9.64 Å². The second-order valence-corrected chi connectivity index (χ2v) is 7.46. The molecule has 166 valence electrons. The Morgan fingerprint density at radius 3 is 2.39 bits per heavy atom. The molecule has 0 radical (unpaired) electrons. The Balaban J connectivity index is 1.39. The number of epoxide rings is 1. The lowest BCUT2D eigenvalue weighted by Crippen LogP contribution is -2.38. The van der Waals surface area contributed by atoms with Crippen LogP contribution in [-0.4, -0.2) is 56.1 Å². The average Bonchev–Trinajstić information content (AvgIpc) is 3.44. The highest BCUT2D eigenvalue weighted by Gasteiger charge is 2.51. The molecule has 5 nitrogen and oxygen atoms in total. The summed E-state index contributed by atoms with van der Waals surface area (Å²) >= 11 is 0. The number of carbonyl (C=O) groups excluding carboxylic acids is 1. The predicted molar refractivity (Wildman–Crippen MR) is 101 cm³/mol. The zero-order chi connectivity index (χ0) is 22.2. The van der Waals surface area contributed by atoms with Crippen molar-refractivity contribution >= 4 is 11.7 Å². The molecule has 0 aliphatic carbocycles. The SMILES string of the molecule is O=C1N(C[C@@]2(c3ccccc3F)CO2)CCN1c1ccc(OCC(F)(F)C(F)F)cc1. The number of halogens is 5. The third kappa shape index (κ3) is 4.30. The van der Waals surface area contributed by atoms with E-state index in [1.54, 1.807) is 23.1 Å². The number of hydrogen-bond donors (Lipinski definition) is 0. The van der Waals surface area contributed by atoms with E-state index >= 15 is 0 Å². The summed E-state index contributed by atoms with van der Waals surface area (Å²) in [5.41, 5.74) is 0.0467. The molecule has 2 amide bonds. The maximum absolute atomic E-state index is 14.2. The summed E-state index contributed by atoms with van der Waals surface area (Å²) < 4.78 is 74.8. The smallest absolute Gasteiger partial charge is 0.340 e. The van der Waals surface area contributed by atoms with Gasteiger partial charge in [-0.25, -0.2) is 18.0 Å². The molecule has 4 rings (SSSR count). The molecule has 0 N–H and O–H groups in total. The summed E-state index contributed by atoms with van der Waals surface area (Å²) in [6.07, 6.45) is -3.82. The molecule has 1 atom stereocenters. The van der Waals surface area contributed by atoms with Gasteiger partial charge in [0.15, 0.2) is 6.61 Å². The Morgan fingerprint density at radius 2 is 1.77 bits per heavy atom. The molecule has 0 spiro atoms. The molecule has 0 aromatic heterocycles. The summed E-state index contributed by atoms with van der Waals surface area (Å²) in [5, 5.41) is 0. The van der Waals surface area contributed by atoms with Crippen molar-refractivity contribution in [1.82, 2.24) is 4.90 Å². The average molecular weight is 442 g/mol. The second kappa shape index (κ2) is 7.99. The molecule has 2 aliphatic heterocycles. The van der Waals surface area contributed by atoms with E-state index in [0.29, 0.717) is 30.9 Å². The first-order chi connectivity index (χ1) is 14.7. The van der Waals surface area contributed by atoms with Gasteiger partial charge < -0.3 is 14.4 Å². The molecule has 2 saturated heterocycles. The van der Waals surface area contributed by atoms with Crippen LogP contribution in [0, 0.1) is 5.82 Å². The first-order valence-corrected chi connectivity index (χ1v) is 9.56. The number of ether oxygens (including phenoxy) is 2. The van der Waals surface area contributed by atoms with Crippen molar-refractivity contribution in [3.05, 3.63) is 59.9 Å². The largest absolute Gasteiger partial charge is 0.487 e. The van der Waals surface area contributed by atoms with E-state index in [2.05, 4.69) is 0 Å². The Bertz CT molecular complexity index is 950. The van der Waals surface area contributed by atoms with Gasteiger partial charge in [0.05, 0.1) is 13.2 Å². The third-order valence-corrected chi connectivity index (χ3v) is 5.30. The first-order valence-electron chi connectivity index (χ1n) is 9.56. The van der Waals surface area contributed by atoms with Gasteiger partial charge in [0.1, 0.15) is 17.2 Å². The van der Waals surface area contributed by atoms with Crippen molar-refractivity contribution in [1.29, 1.82) is 0 Å². The predicted octanol–water partition coefficient (Wildman–Crippen LogP) is 4.27. The minimum atomic E-state index is -4.25. The highest BCUT2D eigenvalue weighted by molar-refractivity contribution is 5.94. The van der Waals surface area contributed by atoms with Gasteiger partial charge in [0.2, 0.25) is 0 Å². The summed E-state index contributed by atoms with van der Waals surface area (Å²) in [7, 11) is 0. The molecule has 0 unspecified atom stereocenters. The summed E-state index contributed by atoms with van der Waals surface area (Å²) in [6.45, 7) is -0.161. The van der Waals surface area contributed by atoms with Crippen molar-refractivity contribution in [2.45, 2.75) is 17.9 Å². The van der Waals surface area contributed by atoms with Crippen LogP contribution in [0.1, 0.15) is 5.56 Å². The lowest BCUT2D eigenvalue weighted by Gasteiger charge is -2.22. The maximum atomic E-state index is 14.2. The van der Waals surface area contributed by atoms with Gasteiger partial charge in [-0.1, -0.05) is 18.2 Å². The molecule has 2 aliphatic rings. The van der Waals surface area contributed by atoms with Gasteiger partial charge in [-0.2, -0.15) is 8.78 Å². The number of urea groups is 1. The summed E-state index contributed by atoms with van der Waals surface area (Å²) in [4.78, 5) is 15.9. The fourth-order valence-corrected chi connectivity index (χ4v) is 3.49. The first kappa shape index (κ1) is 21.4. The van der Waals surface area contributed by atoms with Gasteiger partial charge in [0.25, 0.3) is 0 Å². The molecular weight excluding hydrogens is 423 g/mol. The molecule has 2 heterocycles. The summed E-state index contributed by atoms with van der Waals surface area (Å²) in [5.74, 6) is -4.66. The van der Waals surface area contributed by atoms with Crippen molar-refractivity contribution in [3.8, 4) is 5.75 Å². The van der Waals surface area contributed by atoms with Crippen LogP contribution in [0.5, 0.6) is 5.75 Å². The Kier molecular flexibility index (Phi) is 5.50. The molecule has 2 aromatic rings. The van der Waals surface area contributed by atoms with Crippen molar-refractivity contribution in [3.63, 3.8) is 0 Å². The maximum Gasteiger partial charge on any atom is 0.340 e. The number of alkyl halides is 4. The number of benzene rings is 2. The molecule has 0 bridgehead atoms. The normalized spacial score (nSPS) is 21.2. The molecular formula is C21H19F5N2O3. The van der Waals surface area contributed by atoms with Gasteiger partial charge in [-0.15, -0.1) is 0 Å². The van der Waals surface area contributed by atoms with Gasteiger partial charge in [0, 0.05) is 24.3 Å². The van der Waals surface area contributed by atoms with Crippen LogP contribution in [0.3, 0.4) is 0 Å². The van der Waals surface area contributed by atoms with Crippen molar-refractivity contribution in [2.75, 3.05) is 37.7 Å². The number of carbonyl (C=O) groups is 1. The number of nitrogens with zero attached hydrogens (tertiary/aromatic N) is 2. The number of rotatable bonds is 8. The molecule has 2 aromatic carbocycles. The van der Waals surface area contributed by atoms with Crippen molar-refractivity contribution < 1.29 is 36.2 Å². The molecule has 10 heteroatoms. The number of amides is 2. The van der Waals surface area contributed by atoms with Crippen LogP contribution in [0.15, 0.2) is 48.5 Å². The number of hydrogen-bond acceptors (Lipinski definition) is 3. The van der Waals surface area contributed by atoms with Gasteiger partial charge >= 0.3 is 18.4 Å². The minimum absolute atomic E-state index is 0.0162. The lowest BCUT2D eigenvalue weighted by molar-refractivity contribution is -0.148. The quantitative estimate of drug-likeness (QED) is 0.453. The highest BCUT2D eigenvalue weighted by Crippen LogP contribution is 2.41. The second-order valence-electron chi connectivity index (χ2n) is 7.46. The van der Waals surface area contributed by atoms with Crippen LogP contribution >= 0.6 is 0 Å². The third-order valence-electron chi connectivity index (χ3n) is 5.30. The van der Waals surface area contributed by atoms with E-state index in [1.165, 1.54) is 35.2 Å². The Morgan fingerprint density at radius 1 is 1.10 bits per heavy atom. The van der Waals surface area contributed by atoms with Crippen LogP contribution in [-0.2, 0) is 10.3 Å². The van der Waals surface area contributed by atoms with E-state index in [9.17, 15) is 26.7 Å². The topological polar surface area (TPSA) is 45.3 Å². The zero-order valence-corrected chi connectivity index (χ0v) is 16.2. The highest BCUT2D eigenvalue weighted by atomic mass is 19.3. The zero-order valence-electron chi connectivity index (χ0n) is 16.2. The van der Waals surface area contributed by atoms with E-state index in [-0.39, 0.29) is 18.3 Å². The van der Waals surface area contributed by atoms with Gasteiger partial charge in [-0.05, 0) is 30.3 Å². The van der Waals surface area contributed by atoms with Crippen molar-refractivity contribution in [2.24, 2.45) is 0 Å². The standard InChI is InChI=1S/C21H19F5N2O3/c22-17-4-2-1-3-16(17)20(12-31-20)11-27-9-10-28(19(27)29)14-5-7-15(8-6-14)30-13-21(25,26)18(23)24/h1-8,18H,9-13H2/t20-/m0/s1. The van der Waals surface area contributed by atoms with E-state index < -0.39 is 30.4 Å². The van der Waals surface area contributed by atoms with E-state index in [4.69, 9.17) is 9.47 Å². The van der Waals surface area contributed by atoms with E-state index in [1.807, 2.05) is 0 Å². The fraction of sp³-hybridized carbons (Fsp3) is 0.381. The monoisotopic (exact) mass is 442 g/mol. The van der Waals surface area contributed by atoms with E-state index in [0.717, 1.165) is 0 Å². The Hall–Kier alpha value is -2.88. The minimum Gasteiger partial charge on any atom is -0.487 e. The fourth-order valence-electron chi connectivity index (χ4n) is 3.49. The van der Waals surface area contributed by atoms with Gasteiger partial charge in [-0.3, -0.25) is 4.90 Å². The molecule has 2 fully saturated rings. The number of anilines is 1. The van der Waals surface area contributed by atoms with Crippen LogP contribution in [0.4, 0.5) is 32.4 Å². The molecule has 31 heavy (non-hydrogen) atoms.